The lowest BCUT2D eigenvalue weighted by atomic mass is 9.91. The van der Waals surface area contributed by atoms with E-state index in [0.29, 0.717) is 18.0 Å². The molecule has 0 saturated heterocycles. The minimum Gasteiger partial charge on any atom is -0.385 e. The molecule has 0 bridgehead atoms. The minimum atomic E-state index is -1.05. The Morgan fingerprint density at radius 2 is 1.89 bits per heavy atom. The lowest BCUT2D eigenvalue weighted by Gasteiger charge is -2.22. The van der Waals surface area contributed by atoms with Crippen molar-refractivity contribution in [2.24, 2.45) is 0 Å². The Labute approximate surface area is 112 Å². The fourth-order valence-corrected chi connectivity index (χ4v) is 2.02. The fraction of sp³-hybridized carbons (Fsp3) is 0.400. The molecule has 3 nitrogen and oxygen atoms in total. The van der Waals surface area contributed by atoms with Crippen LogP contribution in [0.15, 0.2) is 36.5 Å². The summed E-state index contributed by atoms with van der Waals surface area (Å²) in [4.78, 5) is 0. The van der Waals surface area contributed by atoms with Gasteiger partial charge in [-0.3, -0.25) is 4.68 Å². The normalized spacial score (nSPS) is 14.6. The van der Waals surface area contributed by atoms with Gasteiger partial charge in [-0.05, 0) is 44.5 Å². The van der Waals surface area contributed by atoms with Gasteiger partial charge < -0.3 is 5.11 Å². The van der Waals surface area contributed by atoms with Gasteiger partial charge in [-0.2, -0.15) is 5.10 Å². The first-order valence-corrected chi connectivity index (χ1v) is 6.41. The van der Waals surface area contributed by atoms with E-state index in [4.69, 9.17) is 0 Å². The Kier molecular flexibility index (Phi) is 3.71. The van der Waals surface area contributed by atoms with Crippen molar-refractivity contribution in [2.75, 3.05) is 0 Å². The first-order valence-electron chi connectivity index (χ1n) is 6.41. The largest absolute Gasteiger partial charge is 0.385 e. The quantitative estimate of drug-likeness (QED) is 0.919. The Morgan fingerprint density at radius 3 is 2.42 bits per heavy atom. The molecule has 1 heterocycles. The van der Waals surface area contributed by atoms with E-state index in [0.717, 1.165) is 5.69 Å². The smallest absolute Gasteiger partial charge is 0.123 e. The van der Waals surface area contributed by atoms with Crippen LogP contribution in [-0.2, 0) is 12.0 Å². The van der Waals surface area contributed by atoms with Gasteiger partial charge in [0.05, 0.1) is 11.3 Å². The van der Waals surface area contributed by atoms with Gasteiger partial charge in [-0.15, -0.1) is 0 Å². The molecule has 0 aliphatic carbocycles. The monoisotopic (exact) mass is 262 g/mol. The highest BCUT2D eigenvalue weighted by molar-refractivity contribution is 5.24. The van der Waals surface area contributed by atoms with Crippen molar-refractivity contribution in [2.45, 2.75) is 38.8 Å². The highest BCUT2D eigenvalue weighted by Gasteiger charge is 2.24. The van der Waals surface area contributed by atoms with Gasteiger partial charge in [0.1, 0.15) is 5.82 Å². The zero-order valence-electron chi connectivity index (χ0n) is 11.5. The predicted molar refractivity (Wildman–Crippen MR) is 72.3 cm³/mol. The first kappa shape index (κ1) is 13.7. The van der Waals surface area contributed by atoms with E-state index >= 15 is 0 Å². The van der Waals surface area contributed by atoms with Crippen LogP contribution >= 0.6 is 0 Å². The maximum Gasteiger partial charge on any atom is 0.123 e. The second-order valence-corrected chi connectivity index (χ2v) is 5.34. The van der Waals surface area contributed by atoms with E-state index in [1.165, 1.54) is 12.1 Å². The standard InChI is InChI=1S/C15H19FN2O/c1-11(2)18-9-8-14(17-18)10-15(3,19)12-4-6-13(16)7-5-12/h4-9,11,19H,10H2,1-3H3. The summed E-state index contributed by atoms with van der Waals surface area (Å²) >= 11 is 0. The van der Waals surface area contributed by atoms with E-state index in [9.17, 15) is 9.50 Å². The molecule has 0 saturated carbocycles. The van der Waals surface area contributed by atoms with Crippen molar-refractivity contribution in [3.05, 3.63) is 53.6 Å². The van der Waals surface area contributed by atoms with Crippen molar-refractivity contribution in [3.63, 3.8) is 0 Å². The Balaban J connectivity index is 2.17. The molecule has 0 aliphatic rings. The Hall–Kier alpha value is -1.68. The molecular weight excluding hydrogens is 243 g/mol. The summed E-state index contributed by atoms with van der Waals surface area (Å²) in [5.41, 5.74) is 0.458. The molecule has 2 rings (SSSR count). The molecule has 102 valence electrons. The second-order valence-electron chi connectivity index (χ2n) is 5.34. The van der Waals surface area contributed by atoms with Gasteiger partial charge in [0.15, 0.2) is 0 Å². The maximum atomic E-state index is 12.9. The molecule has 1 atom stereocenters. The summed E-state index contributed by atoms with van der Waals surface area (Å²) in [5.74, 6) is -0.302. The van der Waals surface area contributed by atoms with Crippen LogP contribution in [0.3, 0.4) is 0 Å². The van der Waals surface area contributed by atoms with E-state index in [1.54, 1.807) is 19.1 Å². The summed E-state index contributed by atoms with van der Waals surface area (Å²) in [6, 6.07) is 8.12. The molecule has 0 spiro atoms. The molecule has 0 amide bonds. The van der Waals surface area contributed by atoms with E-state index < -0.39 is 5.60 Å². The van der Waals surface area contributed by atoms with Gasteiger partial charge in [0.25, 0.3) is 0 Å². The van der Waals surface area contributed by atoms with Crippen LogP contribution < -0.4 is 0 Å². The number of hydrogen-bond donors (Lipinski definition) is 1. The number of nitrogens with zero attached hydrogens (tertiary/aromatic N) is 2. The summed E-state index contributed by atoms with van der Waals surface area (Å²) in [6.45, 7) is 5.82. The zero-order chi connectivity index (χ0) is 14.0. The molecule has 0 aliphatic heterocycles. The average molecular weight is 262 g/mol. The third-order valence-corrected chi connectivity index (χ3v) is 3.18. The van der Waals surface area contributed by atoms with Gasteiger partial charge in [-0.1, -0.05) is 12.1 Å². The van der Waals surface area contributed by atoms with Gasteiger partial charge in [-0.25, -0.2) is 4.39 Å². The average Bonchev–Trinajstić information content (AvgIpc) is 2.77. The highest BCUT2D eigenvalue weighted by Crippen LogP contribution is 2.25. The minimum absolute atomic E-state index is 0.296. The summed E-state index contributed by atoms with van der Waals surface area (Å²) in [5, 5.41) is 14.9. The molecular formula is C15H19FN2O. The topological polar surface area (TPSA) is 38.0 Å². The third kappa shape index (κ3) is 3.20. The fourth-order valence-electron chi connectivity index (χ4n) is 2.02. The predicted octanol–water partition coefficient (Wildman–Crippen LogP) is 3.05. The SMILES string of the molecule is CC(C)n1ccc(CC(C)(O)c2ccc(F)cc2)n1. The van der Waals surface area contributed by atoms with Gasteiger partial charge in [0, 0.05) is 18.7 Å². The molecule has 1 unspecified atom stereocenters. The van der Waals surface area contributed by atoms with Crippen LogP contribution in [-0.4, -0.2) is 14.9 Å². The summed E-state index contributed by atoms with van der Waals surface area (Å²) < 4.78 is 14.8. The third-order valence-electron chi connectivity index (χ3n) is 3.18. The second kappa shape index (κ2) is 5.13. The Bertz CT molecular complexity index is 544. The Morgan fingerprint density at radius 1 is 1.26 bits per heavy atom. The highest BCUT2D eigenvalue weighted by atomic mass is 19.1. The lowest BCUT2D eigenvalue weighted by molar-refractivity contribution is 0.0563. The van der Waals surface area contributed by atoms with Crippen molar-refractivity contribution in [1.29, 1.82) is 0 Å². The number of rotatable bonds is 4. The molecule has 4 heteroatoms. The van der Waals surface area contributed by atoms with Crippen LogP contribution in [0, 0.1) is 5.82 Å². The van der Waals surface area contributed by atoms with Crippen molar-refractivity contribution in [1.82, 2.24) is 9.78 Å². The molecule has 0 fully saturated rings. The number of aliphatic hydroxyl groups is 1. The maximum absolute atomic E-state index is 12.9. The van der Waals surface area contributed by atoms with Crippen molar-refractivity contribution >= 4 is 0 Å². The first-order chi connectivity index (χ1) is 8.88. The van der Waals surface area contributed by atoms with E-state index in [1.807, 2.05) is 16.9 Å². The van der Waals surface area contributed by atoms with Crippen molar-refractivity contribution < 1.29 is 9.50 Å². The molecule has 0 radical (unpaired) electrons. The number of benzene rings is 1. The number of aromatic nitrogens is 2. The van der Waals surface area contributed by atoms with E-state index in [2.05, 4.69) is 18.9 Å². The zero-order valence-corrected chi connectivity index (χ0v) is 11.5. The van der Waals surface area contributed by atoms with Crippen LogP contribution in [0.1, 0.15) is 38.1 Å². The van der Waals surface area contributed by atoms with Gasteiger partial charge in [0.2, 0.25) is 0 Å². The summed E-state index contributed by atoms with van der Waals surface area (Å²) in [6.07, 6.45) is 2.30. The van der Waals surface area contributed by atoms with Crippen molar-refractivity contribution in [3.8, 4) is 0 Å². The van der Waals surface area contributed by atoms with Crippen LogP contribution in [0.2, 0.25) is 0 Å². The molecule has 1 aromatic carbocycles. The molecule has 19 heavy (non-hydrogen) atoms. The molecule has 1 N–H and O–H groups in total. The van der Waals surface area contributed by atoms with Gasteiger partial charge >= 0.3 is 0 Å². The summed E-state index contributed by atoms with van der Waals surface area (Å²) in [7, 11) is 0. The molecule has 1 aromatic heterocycles. The number of halogens is 1. The van der Waals surface area contributed by atoms with Crippen LogP contribution in [0.25, 0.3) is 0 Å². The lowest BCUT2D eigenvalue weighted by Crippen LogP contribution is -2.24. The van der Waals surface area contributed by atoms with Crippen LogP contribution in [0.4, 0.5) is 4.39 Å². The van der Waals surface area contributed by atoms with E-state index in [-0.39, 0.29) is 5.82 Å². The molecule has 2 aromatic rings. The van der Waals surface area contributed by atoms with Crippen LogP contribution in [0.5, 0.6) is 0 Å². The number of hydrogen-bond acceptors (Lipinski definition) is 2.